The molecule has 1 aliphatic rings. The summed E-state index contributed by atoms with van der Waals surface area (Å²) in [5, 5.41) is 0. The molecule has 0 bridgehead atoms. The number of hydrogen-bond donors (Lipinski definition) is 0. The highest BCUT2D eigenvalue weighted by Crippen LogP contribution is 2.42. The van der Waals surface area contributed by atoms with Crippen molar-refractivity contribution in [3.05, 3.63) is 35.9 Å². The van der Waals surface area contributed by atoms with Crippen LogP contribution >= 0.6 is 0 Å². The van der Waals surface area contributed by atoms with Crippen LogP contribution in [0.15, 0.2) is 30.3 Å². The third-order valence-electron chi connectivity index (χ3n) is 3.97. The van der Waals surface area contributed by atoms with Gasteiger partial charge in [0.25, 0.3) is 0 Å². The summed E-state index contributed by atoms with van der Waals surface area (Å²) in [4.78, 5) is 24.3. The summed E-state index contributed by atoms with van der Waals surface area (Å²) in [5.74, 6) is -0.985. The quantitative estimate of drug-likeness (QED) is 0.617. The van der Waals surface area contributed by atoms with Gasteiger partial charge in [-0.05, 0) is 18.4 Å². The Bertz CT molecular complexity index is 452. The Morgan fingerprint density at radius 2 is 2.00 bits per heavy atom. The molecule has 0 aromatic heterocycles. The fourth-order valence-corrected chi connectivity index (χ4v) is 3.06. The summed E-state index contributed by atoms with van der Waals surface area (Å²) >= 11 is 0. The van der Waals surface area contributed by atoms with Gasteiger partial charge in [-0.1, -0.05) is 43.7 Å². The van der Waals surface area contributed by atoms with E-state index in [0.717, 1.165) is 24.8 Å². The van der Waals surface area contributed by atoms with Gasteiger partial charge in [0.15, 0.2) is 5.78 Å². The zero-order chi connectivity index (χ0) is 13.8. The van der Waals surface area contributed by atoms with Crippen molar-refractivity contribution in [2.45, 2.75) is 32.1 Å². The van der Waals surface area contributed by atoms with Gasteiger partial charge in [-0.25, -0.2) is 0 Å². The molecule has 1 saturated carbocycles. The zero-order valence-electron chi connectivity index (χ0n) is 11.5. The van der Waals surface area contributed by atoms with Crippen LogP contribution < -0.4 is 0 Å². The number of ketones is 1. The first-order valence-electron chi connectivity index (χ1n) is 6.85. The summed E-state index contributed by atoms with van der Waals surface area (Å²) in [6, 6.07) is 9.81. The molecule has 1 aromatic carbocycles. The molecule has 0 aliphatic heterocycles. The first-order valence-corrected chi connectivity index (χ1v) is 6.85. The Morgan fingerprint density at radius 3 is 2.58 bits per heavy atom. The molecule has 1 unspecified atom stereocenters. The molecule has 3 heteroatoms. The van der Waals surface area contributed by atoms with E-state index >= 15 is 0 Å². The fraction of sp³-hybridized carbons (Fsp3) is 0.500. The van der Waals surface area contributed by atoms with Gasteiger partial charge in [0, 0.05) is 11.8 Å². The number of Topliss-reactive ketones (excluding diaryl/α,β-unsaturated/α-hetero) is 1. The Hall–Kier alpha value is -1.64. The topological polar surface area (TPSA) is 43.4 Å². The molecule has 1 aliphatic carbocycles. The van der Waals surface area contributed by atoms with E-state index in [-0.39, 0.29) is 17.6 Å². The van der Waals surface area contributed by atoms with Gasteiger partial charge in [0.1, 0.15) is 5.92 Å². The van der Waals surface area contributed by atoms with Crippen LogP contribution in [-0.4, -0.2) is 18.9 Å². The minimum absolute atomic E-state index is 0.000642. The van der Waals surface area contributed by atoms with Crippen molar-refractivity contribution in [2.24, 2.45) is 11.8 Å². The molecule has 102 valence electrons. The van der Waals surface area contributed by atoms with Crippen LogP contribution in [0.5, 0.6) is 0 Å². The Balaban J connectivity index is 2.29. The Labute approximate surface area is 114 Å². The zero-order valence-corrected chi connectivity index (χ0v) is 11.5. The van der Waals surface area contributed by atoms with Crippen molar-refractivity contribution in [3.63, 3.8) is 0 Å². The van der Waals surface area contributed by atoms with Crippen molar-refractivity contribution in [1.82, 2.24) is 0 Å². The smallest absolute Gasteiger partial charge is 0.316 e. The fourth-order valence-electron chi connectivity index (χ4n) is 3.06. The molecule has 1 aromatic rings. The predicted molar refractivity (Wildman–Crippen MR) is 72.7 cm³/mol. The molecule has 2 rings (SSSR count). The maximum Gasteiger partial charge on any atom is 0.316 e. The van der Waals surface area contributed by atoms with Crippen LogP contribution in [0.4, 0.5) is 0 Å². The van der Waals surface area contributed by atoms with E-state index in [2.05, 4.69) is 6.92 Å². The molecule has 3 nitrogen and oxygen atoms in total. The molecule has 0 saturated heterocycles. The van der Waals surface area contributed by atoms with Crippen LogP contribution in [0.2, 0.25) is 0 Å². The van der Waals surface area contributed by atoms with E-state index in [9.17, 15) is 9.59 Å². The average Bonchev–Trinajstić information content (AvgIpc) is 2.77. The molecule has 0 heterocycles. The highest BCUT2D eigenvalue weighted by Gasteiger charge is 2.46. The number of carbonyl (C=O) groups is 2. The van der Waals surface area contributed by atoms with Crippen LogP contribution in [-0.2, 0) is 14.3 Å². The average molecular weight is 260 g/mol. The summed E-state index contributed by atoms with van der Waals surface area (Å²) in [6.45, 7) is 2.07. The molecule has 1 fully saturated rings. The summed E-state index contributed by atoms with van der Waals surface area (Å²) in [7, 11) is 1.35. The number of ether oxygens (including phenoxy) is 1. The number of esters is 1. The molecule has 0 N–H and O–H groups in total. The van der Waals surface area contributed by atoms with Gasteiger partial charge >= 0.3 is 5.97 Å². The van der Waals surface area contributed by atoms with E-state index in [4.69, 9.17) is 4.74 Å². The SMILES string of the molecule is CCCC1C[C@H](c2ccccc2)[C@@H](C(=O)OC)C1=O. The molecular formula is C16H20O3. The van der Waals surface area contributed by atoms with Gasteiger partial charge in [0.05, 0.1) is 7.11 Å². The molecule has 0 amide bonds. The standard InChI is InChI=1S/C16H20O3/c1-3-7-12-10-13(11-8-5-4-6-9-11)14(15(12)17)16(18)19-2/h4-6,8-9,12-14H,3,7,10H2,1-2H3/t12?,13-,14-/m1/s1. The molecule has 19 heavy (non-hydrogen) atoms. The maximum atomic E-state index is 12.4. The predicted octanol–water partition coefficient (Wildman–Crippen LogP) is 2.95. The second-order valence-corrected chi connectivity index (χ2v) is 5.14. The van der Waals surface area contributed by atoms with Crippen molar-refractivity contribution < 1.29 is 14.3 Å². The summed E-state index contributed by atoms with van der Waals surface area (Å²) in [5.41, 5.74) is 1.06. The van der Waals surface area contributed by atoms with E-state index in [1.54, 1.807) is 0 Å². The van der Waals surface area contributed by atoms with Crippen LogP contribution in [0, 0.1) is 11.8 Å². The monoisotopic (exact) mass is 260 g/mol. The largest absolute Gasteiger partial charge is 0.468 e. The lowest BCUT2D eigenvalue weighted by Crippen LogP contribution is -2.26. The second kappa shape index (κ2) is 6.00. The van der Waals surface area contributed by atoms with E-state index in [1.807, 2.05) is 30.3 Å². The van der Waals surface area contributed by atoms with Gasteiger partial charge in [0.2, 0.25) is 0 Å². The Kier molecular flexibility index (Phi) is 4.35. The van der Waals surface area contributed by atoms with E-state index in [0.29, 0.717) is 0 Å². The maximum absolute atomic E-state index is 12.4. The molecule has 3 atom stereocenters. The van der Waals surface area contributed by atoms with Crippen molar-refractivity contribution in [1.29, 1.82) is 0 Å². The van der Waals surface area contributed by atoms with Gasteiger partial charge in [-0.3, -0.25) is 9.59 Å². The van der Waals surface area contributed by atoms with Crippen molar-refractivity contribution in [3.8, 4) is 0 Å². The lowest BCUT2D eigenvalue weighted by Gasteiger charge is -2.16. The third kappa shape index (κ3) is 2.70. The minimum atomic E-state index is -0.621. The van der Waals surface area contributed by atoms with Crippen LogP contribution in [0.1, 0.15) is 37.7 Å². The van der Waals surface area contributed by atoms with Gasteiger partial charge in [-0.2, -0.15) is 0 Å². The van der Waals surface area contributed by atoms with Gasteiger partial charge in [-0.15, -0.1) is 0 Å². The van der Waals surface area contributed by atoms with Crippen LogP contribution in [0.3, 0.4) is 0 Å². The molecule has 0 spiro atoms. The Morgan fingerprint density at radius 1 is 1.32 bits per heavy atom. The van der Waals surface area contributed by atoms with E-state index in [1.165, 1.54) is 7.11 Å². The number of hydrogen-bond acceptors (Lipinski definition) is 3. The highest BCUT2D eigenvalue weighted by atomic mass is 16.5. The lowest BCUT2D eigenvalue weighted by molar-refractivity contribution is -0.149. The highest BCUT2D eigenvalue weighted by molar-refractivity contribution is 6.03. The normalized spacial score (nSPS) is 26.4. The lowest BCUT2D eigenvalue weighted by atomic mass is 9.88. The number of methoxy groups -OCH3 is 1. The van der Waals surface area contributed by atoms with E-state index < -0.39 is 11.9 Å². The minimum Gasteiger partial charge on any atom is -0.468 e. The third-order valence-corrected chi connectivity index (χ3v) is 3.97. The molecule has 0 radical (unpaired) electrons. The van der Waals surface area contributed by atoms with Crippen molar-refractivity contribution in [2.75, 3.05) is 7.11 Å². The summed E-state index contributed by atoms with van der Waals surface area (Å²) < 4.78 is 4.82. The van der Waals surface area contributed by atoms with Gasteiger partial charge < -0.3 is 4.74 Å². The number of rotatable bonds is 4. The summed E-state index contributed by atoms with van der Waals surface area (Å²) in [6.07, 6.45) is 2.58. The van der Waals surface area contributed by atoms with Crippen LogP contribution in [0.25, 0.3) is 0 Å². The first-order chi connectivity index (χ1) is 9.19. The second-order valence-electron chi connectivity index (χ2n) is 5.14. The molecular weight excluding hydrogens is 240 g/mol. The van der Waals surface area contributed by atoms with Crippen molar-refractivity contribution >= 4 is 11.8 Å². The number of carbonyl (C=O) groups excluding carboxylic acids is 2. The number of benzene rings is 1. The first kappa shape index (κ1) is 13.8.